The van der Waals surface area contributed by atoms with Crippen LogP contribution in [0.15, 0.2) is 24.3 Å². The number of hydrogen-bond acceptors (Lipinski definition) is 6. The molecule has 1 aliphatic heterocycles. The number of hydrogen-bond donors (Lipinski definition) is 3. The summed E-state index contributed by atoms with van der Waals surface area (Å²) in [6.07, 6.45) is 4.39. The Kier molecular flexibility index (Phi) is 7.78. The van der Waals surface area contributed by atoms with Crippen molar-refractivity contribution in [3.8, 4) is 17.3 Å². The van der Waals surface area contributed by atoms with Crippen LogP contribution in [0, 0.1) is 28.8 Å². The van der Waals surface area contributed by atoms with Gasteiger partial charge in [-0.2, -0.15) is 4.98 Å². The normalized spacial score (nSPS) is 19.8. The maximum Gasteiger partial charge on any atom is 0.309 e. The highest BCUT2D eigenvalue weighted by Gasteiger charge is 2.39. The molecule has 1 amide bonds. The van der Waals surface area contributed by atoms with Gasteiger partial charge in [0.25, 0.3) is 6.01 Å². The summed E-state index contributed by atoms with van der Waals surface area (Å²) in [7, 11) is 0. The maximum absolute atomic E-state index is 15.2. The van der Waals surface area contributed by atoms with Crippen LogP contribution in [0.1, 0.15) is 51.5 Å². The quantitative estimate of drug-likeness (QED) is 0.374. The molecule has 5 rings (SSSR count). The number of pyridine rings is 1. The Hall–Kier alpha value is -3.93. The minimum atomic E-state index is -0.992. The summed E-state index contributed by atoms with van der Waals surface area (Å²) in [5.41, 5.74) is -0.831. The number of fused-ring (bicyclic) bond motifs is 1. The molecule has 218 valence electrons. The number of nitrogens with zero attached hydrogens (tertiary/aromatic N) is 3. The topological polar surface area (TPSA) is 129 Å². The van der Waals surface area contributed by atoms with E-state index in [1.165, 1.54) is 4.90 Å². The van der Waals surface area contributed by atoms with Gasteiger partial charge in [-0.3, -0.25) is 9.59 Å². The summed E-state index contributed by atoms with van der Waals surface area (Å²) in [6, 6.07) is 3.38. The lowest BCUT2D eigenvalue weighted by Gasteiger charge is -2.36. The van der Waals surface area contributed by atoms with Crippen LogP contribution >= 0.6 is 0 Å². The van der Waals surface area contributed by atoms with Gasteiger partial charge in [0.05, 0.1) is 16.5 Å². The first-order valence-electron chi connectivity index (χ1n) is 13.5. The first-order chi connectivity index (χ1) is 19.5. The van der Waals surface area contributed by atoms with Crippen LogP contribution in [-0.2, 0) is 9.59 Å². The van der Waals surface area contributed by atoms with Crippen molar-refractivity contribution in [1.82, 2.24) is 19.9 Å². The molecule has 1 fully saturated rings. The zero-order valence-electron chi connectivity index (χ0n) is 22.7. The zero-order chi connectivity index (χ0) is 29.5. The summed E-state index contributed by atoms with van der Waals surface area (Å²) in [4.78, 5) is 35.9. The van der Waals surface area contributed by atoms with Gasteiger partial charge in [-0.25, -0.2) is 18.2 Å². The van der Waals surface area contributed by atoms with Crippen molar-refractivity contribution in [3.05, 3.63) is 47.3 Å². The number of aliphatic hydroxyl groups is 1. The number of H-pyrrole nitrogens is 1. The van der Waals surface area contributed by atoms with Gasteiger partial charge in [0.15, 0.2) is 11.5 Å². The maximum atomic E-state index is 15.2. The number of rotatable bonds is 7. The molecule has 0 radical (unpaired) electrons. The lowest BCUT2D eigenvalue weighted by molar-refractivity contribution is -0.151. The van der Waals surface area contributed by atoms with Crippen LogP contribution in [-0.4, -0.2) is 67.7 Å². The van der Waals surface area contributed by atoms with Gasteiger partial charge in [-0.05, 0) is 75.1 Å². The van der Waals surface area contributed by atoms with Crippen molar-refractivity contribution in [2.45, 2.75) is 52.1 Å². The predicted octanol–water partition coefficient (Wildman–Crippen LogP) is 4.70. The first-order valence-corrected chi connectivity index (χ1v) is 13.5. The number of amides is 1. The van der Waals surface area contributed by atoms with Gasteiger partial charge >= 0.3 is 5.97 Å². The van der Waals surface area contributed by atoms with E-state index in [4.69, 9.17) is 9.84 Å². The lowest BCUT2D eigenvalue weighted by atomic mass is 9.70. The second-order valence-corrected chi connectivity index (χ2v) is 11.1. The standard InChI is InChI=1S/C29H31F3N4O5/c1-29(2,27(39)40)17-3-5-18(6-4-17)41-28-33-22-13-21(32)25(34-26(22)35-28)24-19(30)11-16(12-20(24)31)15-7-9-36(10-8-15)23(38)14-37/h7,11-13,17-18,37H,3-6,8-10,14H2,1-2H3,(H,39,40)(H,33,34,35)/t17-,18-. The van der Waals surface area contributed by atoms with Crippen molar-refractivity contribution in [1.29, 1.82) is 0 Å². The molecule has 0 saturated heterocycles. The fourth-order valence-corrected chi connectivity index (χ4v) is 5.60. The molecule has 3 N–H and O–H groups in total. The van der Waals surface area contributed by atoms with Crippen LogP contribution in [0.4, 0.5) is 13.2 Å². The molecule has 2 aliphatic rings. The summed E-state index contributed by atoms with van der Waals surface area (Å²) in [6.45, 7) is 3.34. The Bertz CT molecular complexity index is 1510. The van der Waals surface area contributed by atoms with E-state index in [-0.39, 0.29) is 41.3 Å². The highest BCUT2D eigenvalue weighted by atomic mass is 19.1. The fourth-order valence-electron chi connectivity index (χ4n) is 5.60. The molecule has 9 nitrogen and oxygen atoms in total. The number of benzene rings is 1. The zero-order valence-corrected chi connectivity index (χ0v) is 22.7. The summed E-state index contributed by atoms with van der Waals surface area (Å²) >= 11 is 0. The average molecular weight is 573 g/mol. The van der Waals surface area contributed by atoms with E-state index in [9.17, 15) is 14.7 Å². The molecular weight excluding hydrogens is 541 g/mol. The van der Waals surface area contributed by atoms with Crippen molar-refractivity contribution < 1.29 is 37.7 Å². The highest BCUT2D eigenvalue weighted by Crippen LogP contribution is 2.39. The second kappa shape index (κ2) is 11.2. The molecular formula is C29H31F3N4O5. The minimum Gasteiger partial charge on any atom is -0.481 e. The Labute approximate surface area is 234 Å². The molecule has 1 aliphatic carbocycles. The number of carbonyl (C=O) groups excluding carboxylic acids is 1. The van der Waals surface area contributed by atoms with E-state index in [1.54, 1.807) is 19.9 Å². The van der Waals surface area contributed by atoms with Gasteiger partial charge in [-0.1, -0.05) is 6.08 Å². The number of imidazole rings is 1. The minimum absolute atomic E-state index is 0.0181. The van der Waals surface area contributed by atoms with E-state index in [0.29, 0.717) is 44.2 Å². The number of carboxylic acids is 1. The Morgan fingerprint density at radius 3 is 2.34 bits per heavy atom. The molecule has 3 heterocycles. The number of ether oxygens (including phenoxy) is 1. The SMILES string of the molecule is CC(C)(C(=O)O)[C@H]1CC[C@H](Oc2nc3nc(-c4c(F)cc(C5=CCN(C(=O)CO)CC5)cc4F)c(F)cc3[nH]2)CC1. The number of aromatic nitrogens is 3. The number of carbonyl (C=O) groups is 2. The van der Waals surface area contributed by atoms with Crippen LogP contribution in [0.5, 0.6) is 6.01 Å². The third kappa shape index (κ3) is 5.65. The molecule has 0 atom stereocenters. The van der Waals surface area contributed by atoms with E-state index < -0.39 is 52.6 Å². The lowest BCUT2D eigenvalue weighted by Crippen LogP contribution is -2.37. The second-order valence-electron chi connectivity index (χ2n) is 11.1. The smallest absolute Gasteiger partial charge is 0.309 e. The van der Waals surface area contributed by atoms with Crippen LogP contribution in [0.3, 0.4) is 0 Å². The molecule has 1 aromatic carbocycles. The molecule has 0 unspecified atom stereocenters. The Morgan fingerprint density at radius 2 is 1.76 bits per heavy atom. The number of aliphatic hydroxyl groups excluding tert-OH is 1. The van der Waals surface area contributed by atoms with Crippen molar-refractivity contribution in [2.24, 2.45) is 11.3 Å². The van der Waals surface area contributed by atoms with Crippen molar-refractivity contribution in [3.63, 3.8) is 0 Å². The fraction of sp³-hybridized carbons (Fsp3) is 0.448. The number of carboxylic acid groups (broad SMARTS) is 1. The molecule has 12 heteroatoms. The first kappa shape index (κ1) is 28.6. The van der Waals surface area contributed by atoms with Crippen LogP contribution < -0.4 is 4.74 Å². The van der Waals surface area contributed by atoms with Crippen molar-refractivity contribution in [2.75, 3.05) is 19.7 Å². The van der Waals surface area contributed by atoms with Crippen LogP contribution in [0.25, 0.3) is 28.0 Å². The summed E-state index contributed by atoms with van der Waals surface area (Å²) in [5.74, 6) is -4.17. The van der Waals surface area contributed by atoms with Gasteiger partial charge < -0.3 is 24.8 Å². The van der Waals surface area contributed by atoms with E-state index >= 15 is 13.2 Å². The number of aliphatic carboxylic acids is 1. The van der Waals surface area contributed by atoms with E-state index in [1.807, 2.05) is 0 Å². The van der Waals surface area contributed by atoms with Crippen molar-refractivity contribution >= 4 is 28.6 Å². The molecule has 3 aromatic rings. The number of halogens is 3. The molecule has 0 bridgehead atoms. The number of nitrogens with one attached hydrogen (secondary N) is 1. The van der Waals surface area contributed by atoms with Gasteiger partial charge in [-0.15, -0.1) is 0 Å². The molecule has 0 spiro atoms. The Balaban J connectivity index is 1.33. The summed E-state index contributed by atoms with van der Waals surface area (Å²) < 4.78 is 51.4. The average Bonchev–Trinajstić information content (AvgIpc) is 3.33. The predicted molar refractivity (Wildman–Crippen MR) is 143 cm³/mol. The van der Waals surface area contributed by atoms with Crippen LogP contribution in [0.2, 0.25) is 0 Å². The van der Waals surface area contributed by atoms with Gasteiger partial charge in [0.2, 0.25) is 5.91 Å². The van der Waals surface area contributed by atoms with E-state index in [0.717, 1.165) is 18.2 Å². The van der Waals surface area contributed by atoms with Gasteiger partial charge in [0.1, 0.15) is 30.0 Å². The largest absolute Gasteiger partial charge is 0.481 e. The third-order valence-corrected chi connectivity index (χ3v) is 8.28. The van der Waals surface area contributed by atoms with E-state index in [2.05, 4.69) is 15.0 Å². The molecule has 2 aromatic heterocycles. The summed E-state index contributed by atoms with van der Waals surface area (Å²) in [5, 5.41) is 18.5. The number of aromatic amines is 1. The third-order valence-electron chi connectivity index (χ3n) is 8.28. The van der Waals surface area contributed by atoms with Gasteiger partial charge in [0, 0.05) is 19.2 Å². The highest BCUT2D eigenvalue weighted by molar-refractivity contribution is 5.80. The Morgan fingerprint density at radius 1 is 1.07 bits per heavy atom. The monoisotopic (exact) mass is 572 g/mol. The molecule has 41 heavy (non-hydrogen) atoms. The molecule has 1 saturated carbocycles.